The van der Waals surface area contributed by atoms with Crippen molar-refractivity contribution >= 4 is 17.4 Å². The highest BCUT2D eigenvalue weighted by Gasteiger charge is 2.13. The van der Waals surface area contributed by atoms with Crippen molar-refractivity contribution in [1.82, 2.24) is 9.97 Å². The van der Waals surface area contributed by atoms with E-state index in [1.54, 1.807) is 24.2 Å². The van der Waals surface area contributed by atoms with Crippen LogP contribution in [-0.4, -0.2) is 9.97 Å². The van der Waals surface area contributed by atoms with Crippen molar-refractivity contribution in [3.05, 3.63) is 41.9 Å². The summed E-state index contributed by atoms with van der Waals surface area (Å²) in [6.07, 6.45) is 6.94. The van der Waals surface area contributed by atoms with Gasteiger partial charge in [0, 0.05) is 16.8 Å². The fourth-order valence-corrected chi connectivity index (χ4v) is 2.87. The van der Waals surface area contributed by atoms with Crippen molar-refractivity contribution in [3.63, 3.8) is 0 Å². The normalized spacial score (nSPS) is 13.6. The predicted molar refractivity (Wildman–Crippen MR) is 69.0 cm³/mol. The predicted octanol–water partition coefficient (Wildman–Crippen LogP) is 2.70. The van der Waals surface area contributed by atoms with Crippen LogP contribution >= 0.6 is 11.8 Å². The maximum atomic E-state index is 5.87. The van der Waals surface area contributed by atoms with Crippen LogP contribution in [0, 0.1) is 0 Å². The third-order valence-electron chi connectivity index (χ3n) is 2.93. The summed E-state index contributed by atoms with van der Waals surface area (Å²) < 4.78 is 0. The van der Waals surface area contributed by atoms with Gasteiger partial charge in [-0.15, -0.1) is 0 Å². The first-order valence-corrected chi connectivity index (χ1v) is 6.51. The Balaban J connectivity index is 1.89. The molecule has 0 amide bonds. The number of fused-ring (bicyclic) bond motifs is 1. The summed E-state index contributed by atoms with van der Waals surface area (Å²) in [7, 11) is 0. The topological polar surface area (TPSA) is 51.8 Å². The Morgan fingerprint density at radius 2 is 2.12 bits per heavy atom. The highest BCUT2D eigenvalue weighted by molar-refractivity contribution is 7.99. The average Bonchev–Trinajstić information content (AvgIpc) is 2.79. The molecule has 0 saturated carbocycles. The quantitative estimate of drug-likeness (QED) is 0.881. The van der Waals surface area contributed by atoms with Crippen LogP contribution in [0.25, 0.3) is 0 Å². The lowest BCUT2D eigenvalue weighted by molar-refractivity contribution is 0.891. The van der Waals surface area contributed by atoms with Crippen molar-refractivity contribution in [2.24, 2.45) is 0 Å². The third kappa shape index (κ3) is 2.13. The molecule has 0 bridgehead atoms. The van der Waals surface area contributed by atoms with E-state index in [2.05, 4.69) is 22.1 Å². The van der Waals surface area contributed by atoms with Crippen LogP contribution in [0.15, 0.2) is 40.5 Å². The van der Waals surface area contributed by atoms with E-state index in [1.807, 2.05) is 6.07 Å². The Morgan fingerprint density at radius 1 is 1.18 bits per heavy atom. The van der Waals surface area contributed by atoms with Gasteiger partial charge in [-0.2, -0.15) is 0 Å². The number of nitrogens with two attached hydrogens (primary N) is 1. The highest BCUT2D eigenvalue weighted by Crippen LogP contribution is 2.31. The van der Waals surface area contributed by atoms with Gasteiger partial charge >= 0.3 is 0 Å². The fourth-order valence-electron chi connectivity index (χ4n) is 2.06. The number of nitrogens with zero attached hydrogens (tertiary/aromatic N) is 2. The third-order valence-corrected chi connectivity index (χ3v) is 3.96. The zero-order valence-electron chi connectivity index (χ0n) is 9.39. The molecule has 0 radical (unpaired) electrons. The van der Waals surface area contributed by atoms with E-state index in [1.165, 1.54) is 24.1 Å². The Kier molecular flexibility index (Phi) is 2.73. The van der Waals surface area contributed by atoms with Gasteiger partial charge in [-0.05, 0) is 37.0 Å². The minimum atomic E-state index is 0.708. The number of hydrogen-bond acceptors (Lipinski definition) is 4. The first kappa shape index (κ1) is 10.6. The van der Waals surface area contributed by atoms with Crippen molar-refractivity contribution < 1.29 is 0 Å². The second-order valence-electron chi connectivity index (χ2n) is 4.12. The molecule has 2 aromatic rings. The number of aromatic nitrogens is 2. The second-order valence-corrected chi connectivity index (χ2v) is 5.19. The molecule has 2 aromatic heterocycles. The van der Waals surface area contributed by atoms with Crippen LogP contribution in [0.4, 0.5) is 5.69 Å². The Bertz CT molecular complexity index is 554. The Morgan fingerprint density at radius 3 is 3.00 bits per heavy atom. The minimum absolute atomic E-state index is 0.708. The van der Waals surface area contributed by atoms with Crippen LogP contribution in [-0.2, 0) is 12.8 Å². The van der Waals surface area contributed by atoms with E-state index in [0.717, 1.165) is 16.3 Å². The molecule has 1 aliphatic carbocycles. The SMILES string of the molecule is Nc1cnccc1Sc1ccc2c(n1)CCC2. The van der Waals surface area contributed by atoms with Gasteiger partial charge in [-0.1, -0.05) is 17.8 Å². The van der Waals surface area contributed by atoms with Gasteiger partial charge in [0.25, 0.3) is 0 Å². The molecule has 0 fully saturated rings. The number of aryl methyl sites for hydroxylation is 2. The number of hydrogen-bond donors (Lipinski definition) is 1. The summed E-state index contributed by atoms with van der Waals surface area (Å²) >= 11 is 1.60. The molecule has 17 heavy (non-hydrogen) atoms. The largest absolute Gasteiger partial charge is 0.397 e. The molecule has 0 unspecified atom stereocenters. The average molecular weight is 243 g/mol. The summed E-state index contributed by atoms with van der Waals surface area (Å²) in [4.78, 5) is 9.68. The first-order valence-electron chi connectivity index (χ1n) is 5.69. The first-order chi connectivity index (χ1) is 8.33. The van der Waals surface area contributed by atoms with Crippen LogP contribution in [0.2, 0.25) is 0 Å². The fraction of sp³-hybridized carbons (Fsp3) is 0.231. The van der Waals surface area contributed by atoms with Gasteiger partial charge in [-0.3, -0.25) is 4.98 Å². The van der Waals surface area contributed by atoms with E-state index in [0.29, 0.717) is 5.69 Å². The van der Waals surface area contributed by atoms with Gasteiger partial charge in [0.1, 0.15) is 5.03 Å². The molecule has 0 saturated heterocycles. The molecule has 3 nitrogen and oxygen atoms in total. The lowest BCUT2D eigenvalue weighted by atomic mass is 10.2. The van der Waals surface area contributed by atoms with Crippen molar-refractivity contribution in [2.75, 3.05) is 5.73 Å². The molecule has 2 N–H and O–H groups in total. The molecule has 3 rings (SSSR count). The van der Waals surface area contributed by atoms with E-state index < -0.39 is 0 Å². The molecule has 1 aliphatic rings. The zero-order chi connectivity index (χ0) is 11.7. The molecule has 2 heterocycles. The molecular weight excluding hydrogens is 230 g/mol. The standard InChI is InChI=1S/C13H13N3S/c14-10-8-15-7-6-12(10)17-13-5-4-9-2-1-3-11(9)16-13/h4-8H,1-3,14H2. The maximum absolute atomic E-state index is 5.87. The van der Waals surface area contributed by atoms with Gasteiger partial charge in [0.15, 0.2) is 0 Å². The molecule has 0 atom stereocenters. The van der Waals surface area contributed by atoms with E-state index >= 15 is 0 Å². The second kappa shape index (κ2) is 4.37. The minimum Gasteiger partial charge on any atom is -0.397 e. The van der Waals surface area contributed by atoms with Crippen molar-refractivity contribution in [1.29, 1.82) is 0 Å². The van der Waals surface area contributed by atoms with Crippen LogP contribution in [0.1, 0.15) is 17.7 Å². The van der Waals surface area contributed by atoms with Crippen LogP contribution in [0.5, 0.6) is 0 Å². The van der Waals surface area contributed by atoms with E-state index in [-0.39, 0.29) is 0 Å². The molecular formula is C13H13N3S. The van der Waals surface area contributed by atoms with Crippen molar-refractivity contribution in [3.8, 4) is 0 Å². The number of nitrogen functional groups attached to an aromatic ring is 1. The monoisotopic (exact) mass is 243 g/mol. The van der Waals surface area contributed by atoms with Gasteiger partial charge < -0.3 is 5.73 Å². The number of pyridine rings is 2. The van der Waals surface area contributed by atoms with Crippen LogP contribution < -0.4 is 5.73 Å². The molecule has 4 heteroatoms. The van der Waals surface area contributed by atoms with E-state index in [4.69, 9.17) is 5.73 Å². The van der Waals surface area contributed by atoms with Crippen LogP contribution in [0.3, 0.4) is 0 Å². The molecule has 0 aromatic carbocycles. The van der Waals surface area contributed by atoms with Crippen molar-refractivity contribution in [2.45, 2.75) is 29.2 Å². The smallest absolute Gasteiger partial charge is 0.101 e. The summed E-state index contributed by atoms with van der Waals surface area (Å²) in [6.45, 7) is 0. The van der Waals surface area contributed by atoms with E-state index in [9.17, 15) is 0 Å². The summed E-state index contributed by atoms with van der Waals surface area (Å²) in [5.74, 6) is 0. The molecule has 86 valence electrons. The summed E-state index contributed by atoms with van der Waals surface area (Å²) in [5.41, 5.74) is 9.23. The summed E-state index contributed by atoms with van der Waals surface area (Å²) in [6, 6.07) is 6.19. The van der Waals surface area contributed by atoms with Gasteiger partial charge in [0.2, 0.25) is 0 Å². The lowest BCUT2D eigenvalue weighted by Crippen LogP contribution is -1.92. The number of anilines is 1. The van der Waals surface area contributed by atoms with Gasteiger partial charge in [-0.25, -0.2) is 4.98 Å². The zero-order valence-corrected chi connectivity index (χ0v) is 10.2. The maximum Gasteiger partial charge on any atom is 0.101 e. The van der Waals surface area contributed by atoms with Gasteiger partial charge in [0.05, 0.1) is 11.9 Å². The summed E-state index contributed by atoms with van der Waals surface area (Å²) in [5, 5.41) is 1.02. The number of rotatable bonds is 2. The molecule has 0 spiro atoms. The Labute approximate surface area is 104 Å². The highest BCUT2D eigenvalue weighted by atomic mass is 32.2. The Hall–Kier alpha value is -1.55. The lowest BCUT2D eigenvalue weighted by Gasteiger charge is -2.05. The molecule has 0 aliphatic heterocycles.